The monoisotopic (exact) mass is 348 g/mol. The van der Waals surface area contributed by atoms with Crippen molar-refractivity contribution in [2.24, 2.45) is 5.92 Å². The summed E-state index contributed by atoms with van der Waals surface area (Å²) in [5.74, 6) is -0.0508. The lowest BCUT2D eigenvalue weighted by molar-refractivity contribution is -0.133. The molecule has 1 aromatic heterocycles. The van der Waals surface area contributed by atoms with Gasteiger partial charge in [-0.25, -0.2) is 9.67 Å². The first-order valence-electron chi connectivity index (χ1n) is 8.84. The number of aromatic nitrogens is 3. The lowest BCUT2D eigenvalue weighted by Gasteiger charge is -2.32. The summed E-state index contributed by atoms with van der Waals surface area (Å²) in [5.41, 5.74) is 0.722. The first-order chi connectivity index (χ1) is 12.7. The van der Waals surface area contributed by atoms with Gasteiger partial charge in [-0.15, -0.1) is 0 Å². The molecule has 4 rings (SSSR count). The second-order valence-electron chi connectivity index (χ2n) is 6.70. The van der Waals surface area contributed by atoms with E-state index in [9.17, 15) is 9.59 Å². The molecule has 0 aliphatic carbocycles. The number of fused-ring (bicyclic) bond motifs is 1. The van der Waals surface area contributed by atoms with E-state index in [1.165, 1.54) is 17.3 Å². The number of Topliss-reactive ketones (excluding diaryl/α,β-unsaturated/α-hetero) is 1. The van der Waals surface area contributed by atoms with E-state index in [1.54, 1.807) is 4.90 Å². The highest BCUT2D eigenvalue weighted by Crippen LogP contribution is 2.23. The van der Waals surface area contributed by atoms with Crippen molar-refractivity contribution in [2.75, 3.05) is 13.1 Å². The molecular weight excluding hydrogens is 328 g/mol. The van der Waals surface area contributed by atoms with Crippen LogP contribution in [0.2, 0.25) is 0 Å². The Bertz CT molecular complexity index is 936. The van der Waals surface area contributed by atoms with Crippen LogP contribution in [-0.2, 0) is 11.3 Å². The molecule has 1 aliphatic heterocycles. The lowest BCUT2D eigenvalue weighted by Crippen LogP contribution is -2.43. The summed E-state index contributed by atoms with van der Waals surface area (Å²) in [6.07, 6.45) is 4.60. The fourth-order valence-electron chi connectivity index (χ4n) is 3.55. The van der Waals surface area contributed by atoms with Crippen LogP contribution in [0.4, 0.5) is 0 Å². The first-order valence-corrected chi connectivity index (χ1v) is 8.84. The molecule has 0 N–H and O–H groups in total. The van der Waals surface area contributed by atoms with E-state index in [0.29, 0.717) is 13.1 Å². The van der Waals surface area contributed by atoms with Crippen molar-refractivity contribution in [3.05, 3.63) is 60.7 Å². The predicted octanol–water partition coefficient (Wildman–Crippen LogP) is 2.55. The molecule has 3 aromatic rings. The van der Waals surface area contributed by atoms with Gasteiger partial charge in [-0.3, -0.25) is 9.59 Å². The number of piperidine rings is 1. The predicted molar refractivity (Wildman–Crippen MR) is 97.6 cm³/mol. The molecule has 2 heterocycles. The Morgan fingerprint density at radius 2 is 1.96 bits per heavy atom. The third-order valence-corrected chi connectivity index (χ3v) is 4.94. The Kier molecular flexibility index (Phi) is 4.48. The van der Waals surface area contributed by atoms with Gasteiger partial charge >= 0.3 is 0 Å². The van der Waals surface area contributed by atoms with Crippen molar-refractivity contribution in [3.8, 4) is 0 Å². The van der Waals surface area contributed by atoms with Gasteiger partial charge in [0, 0.05) is 24.6 Å². The van der Waals surface area contributed by atoms with E-state index in [0.717, 1.165) is 29.2 Å². The van der Waals surface area contributed by atoms with Crippen molar-refractivity contribution in [2.45, 2.75) is 19.4 Å². The van der Waals surface area contributed by atoms with E-state index < -0.39 is 0 Å². The zero-order valence-electron chi connectivity index (χ0n) is 14.4. The first kappa shape index (κ1) is 16.4. The van der Waals surface area contributed by atoms with Gasteiger partial charge in [-0.05, 0) is 29.7 Å². The molecule has 0 bridgehead atoms. The Morgan fingerprint density at radius 1 is 1.12 bits per heavy atom. The average molecular weight is 348 g/mol. The molecule has 6 nitrogen and oxygen atoms in total. The number of nitrogens with zero attached hydrogens (tertiary/aromatic N) is 4. The largest absolute Gasteiger partial charge is 0.340 e. The molecule has 132 valence electrons. The summed E-state index contributed by atoms with van der Waals surface area (Å²) in [6, 6.07) is 13.8. The molecule has 0 radical (unpaired) electrons. The minimum Gasteiger partial charge on any atom is -0.340 e. The number of rotatable bonds is 4. The zero-order valence-corrected chi connectivity index (χ0v) is 14.4. The molecule has 0 unspecified atom stereocenters. The topological polar surface area (TPSA) is 68.1 Å². The maximum atomic E-state index is 13.0. The fourth-order valence-corrected chi connectivity index (χ4v) is 3.55. The number of carbonyl (C=O) groups is 2. The molecule has 6 heteroatoms. The molecule has 1 fully saturated rings. The normalized spacial score (nSPS) is 17.4. The standard InChI is InChI=1S/C20H20N4O2/c25-19(12-24-14-21-13-22-24)23-9-3-6-18(11-23)20(26)17-8-7-15-4-1-2-5-16(15)10-17/h1-2,4-5,7-8,10,13-14,18H,3,6,9,11-12H2/t18-/m0/s1. The number of carbonyl (C=O) groups excluding carboxylic acids is 2. The average Bonchev–Trinajstić information content (AvgIpc) is 3.20. The van der Waals surface area contributed by atoms with Gasteiger partial charge in [0.15, 0.2) is 5.78 Å². The summed E-state index contributed by atoms with van der Waals surface area (Å²) in [5, 5.41) is 6.16. The Morgan fingerprint density at radius 3 is 2.77 bits per heavy atom. The Hall–Kier alpha value is -3.02. The van der Waals surface area contributed by atoms with Crippen molar-refractivity contribution in [1.82, 2.24) is 19.7 Å². The van der Waals surface area contributed by atoms with Crippen molar-refractivity contribution >= 4 is 22.5 Å². The van der Waals surface area contributed by atoms with Gasteiger partial charge in [0.1, 0.15) is 19.2 Å². The number of ketones is 1. The van der Waals surface area contributed by atoms with Crippen LogP contribution in [0.5, 0.6) is 0 Å². The van der Waals surface area contributed by atoms with Crippen LogP contribution >= 0.6 is 0 Å². The van der Waals surface area contributed by atoms with Crippen molar-refractivity contribution in [1.29, 1.82) is 0 Å². The summed E-state index contributed by atoms with van der Waals surface area (Å²) < 4.78 is 1.51. The van der Waals surface area contributed by atoms with E-state index in [4.69, 9.17) is 0 Å². The molecular formula is C20H20N4O2. The van der Waals surface area contributed by atoms with Crippen molar-refractivity contribution < 1.29 is 9.59 Å². The van der Waals surface area contributed by atoms with Crippen molar-refractivity contribution in [3.63, 3.8) is 0 Å². The molecule has 1 saturated heterocycles. The van der Waals surface area contributed by atoms with Crippen LogP contribution < -0.4 is 0 Å². The SMILES string of the molecule is O=C(c1ccc2ccccc2c1)[C@H]1CCCN(C(=O)Cn2cncn2)C1. The van der Waals surface area contributed by atoms with Crippen LogP contribution in [0.25, 0.3) is 10.8 Å². The molecule has 1 aliphatic rings. The molecule has 26 heavy (non-hydrogen) atoms. The van der Waals surface area contributed by atoms with Gasteiger partial charge < -0.3 is 4.90 Å². The summed E-state index contributed by atoms with van der Waals surface area (Å²) in [6.45, 7) is 1.32. The van der Waals surface area contributed by atoms with E-state index >= 15 is 0 Å². The van der Waals surface area contributed by atoms with E-state index in [2.05, 4.69) is 10.1 Å². The quantitative estimate of drug-likeness (QED) is 0.680. The second-order valence-corrected chi connectivity index (χ2v) is 6.70. The molecule has 2 aromatic carbocycles. The molecule has 0 saturated carbocycles. The zero-order chi connectivity index (χ0) is 17.9. The maximum Gasteiger partial charge on any atom is 0.244 e. The van der Waals surface area contributed by atoms with Crippen LogP contribution in [-0.4, -0.2) is 44.4 Å². The number of amides is 1. The highest BCUT2D eigenvalue weighted by atomic mass is 16.2. The van der Waals surface area contributed by atoms with E-state index in [-0.39, 0.29) is 24.2 Å². The van der Waals surface area contributed by atoms with Crippen LogP contribution in [0.3, 0.4) is 0 Å². The molecule has 1 amide bonds. The Balaban J connectivity index is 1.47. The molecule has 0 spiro atoms. The van der Waals surface area contributed by atoms with Gasteiger partial charge in [0.05, 0.1) is 0 Å². The van der Waals surface area contributed by atoms with Crippen LogP contribution in [0, 0.1) is 5.92 Å². The second kappa shape index (κ2) is 7.07. The fraction of sp³-hybridized carbons (Fsp3) is 0.300. The smallest absolute Gasteiger partial charge is 0.244 e. The Labute approximate surface area is 151 Å². The minimum atomic E-state index is -0.149. The number of benzene rings is 2. The van der Waals surface area contributed by atoms with Crippen LogP contribution in [0.15, 0.2) is 55.1 Å². The maximum absolute atomic E-state index is 13.0. The summed E-state index contributed by atoms with van der Waals surface area (Å²) in [4.78, 5) is 31.1. The third kappa shape index (κ3) is 3.35. The third-order valence-electron chi connectivity index (χ3n) is 4.94. The molecule has 1 atom stereocenters. The minimum absolute atomic E-state index is 0.0217. The van der Waals surface area contributed by atoms with Gasteiger partial charge in [-0.2, -0.15) is 5.10 Å². The van der Waals surface area contributed by atoms with Crippen LogP contribution in [0.1, 0.15) is 23.2 Å². The highest BCUT2D eigenvalue weighted by molar-refractivity contribution is 6.01. The van der Waals surface area contributed by atoms with Gasteiger partial charge in [0.25, 0.3) is 0 Å². The number of hydrogen-bond acceptors (Lipinski definition) is 4. The lowest BCUT2D eigenvalue weighted by atomic mass is 9.89. The number of hydrogen-bond donors (Lipinski definition) is 0. The van der Waals surface area contributed by atoms with Gasteiger partial charge in [0.2, 0.25) is 5.91 Å². The van der Waals surface area contributed by atoms with Gasteiger partial charge in [-0.1, -0.05) is 36.4 Å². The summed E-state index contributed by atoms with van der Waals surface area (Å²) >= 11 is 0. The summed E-state index contributed by atoms with van der Waals surface area (Å²) in [7, 11) is 0. The number of likely N-dealkylation sites (tertiary alicyclic amines) is 1. The highest BCUT2D eigenvalue weighted by Gasteiger charge is 2.29. The van der Waals surface area contributed by atoms with E-state index in [1.807, 2.05) is 42.5 Å².